The fourth-order valence-corrected chi connectivity index (χ4v) is 3.65. The zero-order valence-electron chi connectivity index (χ0n) is 15.3. The molecule has 0 bridgehead atoms. The molecule has 0 radical (unpaired) electrons. The van der Waals surface area contributed by atoms with Crippen molar-refractivity contribution in [2.45, 2.75) is 13.0 Å². The van der Waals surface area contributed by atoms with E-state index in [2.05, 4.69) is 20.1 Å². The summed E-state index contributed by atoms with van der Waals surface area (Å²) in [5.41, 5.74) is 10.2. The minimum Gasteiger partial charge on any atom is -0.493 e. The number of amides is 2. The molecule has 8 nitrogen and oxygen atoms in total. The van der Waals surface area contributed by atoms with E-state index in [9.17, 15) is 14.7 Å². The number of carbonyl (C=O) groups excluding carboxylic acids is 2. The number of carbonyl (C=O) groups is 2. The number of nitrogens with zero attached hydrogens (tertiary/aromatic N) is 3. The number of nitrogens with two attached hydrogens (primary N) is 1. The van der Waals surface area contributed by atoms with Gasteiger partial charge in [-0.3, -0.25) is 9.59 Å². The van der Waals surface area contributed by atoms with Crippen LogP contribution in [0.25, 0.3) is 22.0 Å². The van der Waals surface area contributed by atoms with Gasteiger partial charge in [0, 0.05) is 18.5 Å². The minimum absolute atomic E-state index is 0.109. The molecule has 4 rings (SSSR count). The largest absolute Gasteiger partial charge is 0.493 e. The molecule has 8 heteroatoms. The highest BCUT2D eigenvalue weighted by molar-refractivity contribution is 6.34. The third-order valence-electron chi connectivity index (χ3n) is 4.98. The molecule has 28 heavy (non-hydrogen) atoms. The van der Waals surface area contributed by atoms with Crippen LogP contribution >= 0.6 is 0 Å². The van der Waals surface area contributed by atoms with Crippen LogP contribution in [0.15, 0.2) is 46.6 Å². The molecule has 0 atom stereocenters. The first-order valence-corrected chi connectivity index (χ1v) is 8.84. The predicted octanol–water partition coefficient (Wildman–Crippen LogP) is 2.62. The number of H-pyrrole nitrogens is 1. The lowest BCUT2D eigenvalue weighted by molar-refractivity contribution is -0.135. The van der Waals surface area contributed by atoms with Crippen LogP contribution in [0.5, 0.6) is 5.88 Å². The molecule has 2 aromatic carbocycles. The van der Waals surface area contributed by atoms with Gasteiger partial charge in [-0.2, -0.15) is 0 Å². The Bertz CT molecular complexity index is 1120. The second-order valence-corrected chi connectivity index (χ2v) is 6.85. The molecule has 0 saturated heterocycles. The topological polar surface area (TPSA) is 124 Å². The van der Waals surface area contributed by atoms with Gasteiger partial charge in [-0.1, -0.05) is 30.3 Å². The number of aromatic nitrogens is 1. The van der Waals surface area contributed by atoms with Gasteiger partial charge in [-0.25, -0.2) is 0 Å². The van der Waals surface area contributed by atoms with Crippen molar-refractivity contribution in [1.82, 2.24) is 9.88 Å². The van der Waals surface area contributed by atoms with E-state index in [1.165, 1.54) is 5.56 Å². The van der Waals surface area contributed by atoms with Crippen LogP contribution in [0.4, 0.5) is 5.69 Å². The van der Waals surface area contributed by atoms with Crippen molar-refractivity contribution in [2.75, 3.05) is 13.6 Å². The number of nitrogens with one attached hydrogen (secondary N) is 1. The molecule has 3 aromatic rings. The number of benzene rings is 2. The Morgan fingerprint density at radius 2 is 1.96 bits per heavy atom. The molecule has 4 N–H and O–H groups in total. The summed E-state index contributed by atoms with van der Waals surface area (Å²) in [6.45, 7) is 1.65. The van der Waals surface area contributed by atoms with Crippen molar-refractivity contribution < 1.29 is 14.7 Å². The maximum atomic E-state index is 11.4. The summed E-state index contributed by atoms with van der Waals surface area (Å²) in [6.07, 6.45) is 0.878. The molecule has 2 amide bonds. The van der Waals surface area contributed by atoms with E-state index in [1.54, 1.807) is 0 Å². The van der Waals surface area contributed by atoms with E-state index in [0.29, 0.717) is 11.9 Å². The van der Waals surface area contributed by atoms with Crippen molar-refractivity contribution in [3.05, 3.63) is 47.5 Å². The number of aromatic amines is 1. The predicted molar refractivity (Wildman–Crippen MR) is 104 cm³/mol. The highest BCUT2D eigenvalue weighted by Crippen LogP contribution is 2.43. The lowest BCUT2D eigenvalue weighted by Gasteiger charge is -2.27. The quantitative estimate of drug-likeness (QED) is 0.469. The average molecular weight is 377 g/mol. The van der Waals surface area contributed by atoms with Crippen LogP contribution < -0.4 is 5.73 Å². The Hall–Kier alpha value is -3.52. The maximum absolute atomic E-state index is 11.4. The summed E-state index contributed by atoms with van der Waals surface area (Å²) in [6, 6.07) is 11.9. The average Bonchev–Trinajstić information content (AvgIpc) is 3.01. The van der Waals surface area contributed by atoms with Gasteiger partial charge in [0.25, 0.3) is 0 Å². The van der Waals surface area contributed by atoms with Crippen molar-refractivity contribution in [1.29, 1.82) is 0 Å². The van der Waals surface area contributed by atoms with Crippen molar-refractivity contribution in [2.24, 2.45) is 16.0 Å². The van der Waals surface area contributed by atoms with Crippen LogP contribution in [-0.2, 0) is 22.6 Å². The van der Waals surface area contributed by atoms with Crippen molar-refractivity contribution in [3.63, 3.8) is 0 Å². The first-order chi connectivity index (χ1) is 13.5. The van der Waals surface area contributed by atoms with E-state index in [0.717, 1.165) is 35.2 Å². The zero-order chi connectivity index (χ0) is 19.8. The fourth-order valence-electron chi connectivity index (χ4n) is 3.65. The number of primary amides is 1. The first kappa shape index (κ1) is 17.9. The third-order valence-corrected chi connectivity index (χ3v) is 4.98. The van der Waals surface area contributed by atoms with Gasteiger partial charge in [0.15, 0.2) is 5.69 Å². The smallest absolute Gasteiger partial charge is 0.353 e. The third kappa shape index (κ3) is 3.03. The second kappa shape index (κ2) is 6.90. The number of likely N-dealkylation sites (N-methyl/N-ethyl adjacent to an activating group) is 1. The number of azo groups is 1. The van der Waals surface area contributed by atoms with Gasteiger partial charge in [0.1, 0.15) is 0 Å². The molecule has 0 fully saturated rings. The number of aromatic hydroxyl groups is 1. The molecule has 142 valence electrons. The molecule has 0 saturated carbocycles. The molecule has 0 unspecified atom stereocenters. The first-order valence-electron chi connectivity index (χ1n) is 8.84. The summed E-state index contributed by atoms with van der Waals surface area (Å²) in [7, 11) is 2.04. The monoisotopic (exact) mass is 377 g/mol. The van der Waals surface area contributed by atoms with E-state index >= 15 is 0 Å². The molecule has 0 spiro atoms. The van der Waals surface area contributed by atoms with Gasteiger partial charge in [-0.15, -0.1) is 10.2 Å². The Morgan fingerprint density at radius 1 is 1.21 bits per heavy atom. The summed E-state index contributed by atoms with van der Waals surface area (Å²) < 4.78 is 0. The van der Waals surface area contributed by atoms with E-state index < -0.39 is 11.8 Å². The van der Waals surface area contributed by atoms with Gasteiger partial charge < -0.3 is 20.7 Å². The molecular formula is C20H19N5O3. The van der Waals surface area contributed by atoms with Crippen LogP contribution in [0.2, 0.25) is 0 Å². The lowest BCUT2D eigenvalue weighted by atomic mass is 9.89. The zero-order valence-corrected chi connectivity index (χ0v) is 15.3. The molecular weight excluding hydrogens is 358 g/mol. The summed E-state index contributed by atoms with van der Waals surface area (Å²) in [5, 5.41) is 18.1. The molecule has 1 aliphatic heterocycles. The highest BCUT2D eigenvalue weighted by atomic mass is 16.3. The molecule has 1 aromatic heterocycles. The minimum atomic E-state index is -1.20. The Morgan fingerprint density at radius 3 is 2.68 bits per heavy atom. The number of hydrogen-bond acceptors (Lipinski definition) is 5. The van der Waals surface area contributed by atoms with Crippen LogP contribution in [0.3, 0.4) is 0 Å². The fraction of sp³-hybridized carbons (Fsp3) is 0.200. The van der Waals surface area contributed by atoms with Gasteiger partial charge >= 0.3 is 11.8 Å². The molecule has 0 aliphatic carbocycles. The van der Waals surface area contributed by atoms with Crippen molar-refractivity contribution in [3.8, 4) is 17.0 Å². The Kier molecular flexibility index (Phi) is 4.40. The van der Waals surface area contributed by atoms with E-state index in [1.807, 2.05) is 43.4 Å². The lowest BCUT2D eigenvalue weighted by Crippen LogP contribution is -2.27. The van der Waals surface area contributed by atoms with Crippen molar-refractivity contribution >= 4 is 28.4 Å². The summed E-state index contributed by atoms with van der Waals surface area (Å²) >= 11 is 0. The second-order valence-electron chi connectivity index (χ2n) is 6.85. The maximum Gasteiger partial charge on any atom is 0.353 e. The van der Waals surface area contributed by atoms with E-state index in [4.69, 9.17) is 5.73 Å². The van der Waals surface area contributed by atoms with E-state index in [-0.39, 0.29) is 11.6 Å². The molecule has 2 heterocycles. The van der Waals surface area contributed by atoms with Crippen LogP contribution in [0, 0.1) is 0 Å². The Labute approximate surface area is 160 Å². The Balaban J connectivity index is 1.97. The number of hydrogen-bond donors (Lipinski definition) is 3. The van der Waals surface area contributed by atoms with Gasteiger partial charge in [0.2, 0.25) is 5.88 Å². The standard InChI is InChI=1S/C20H19N5O3/c1-25-8-7-12-13(11-5-3-2-4-6-11)9-14-16(15(12)10-25)22-19(27)17(14)23-24-20(28)18(21)26/h2-6,9,22,27H,7-8,10H2,1H3,(H2,21,26). The summed E-state index contributed by atoms with van der Waals surface area (Å²) in [5.74, 6) is -2.58. The highest BCUT2D eigenvalue weighted by Gasteiger charge is 2.24. The van der Waals surface area contributed by atoms with Crippen LogP contribution in [0.1, 0.15) is 11.1 Å². The SMILES string of the molecule is CN1CCc2c(-c3ccccc3)cc3c(N=NC(=O)C(N)=O)c(O)[nH]c3c2C1. The number of rotatable bonds is 2. The van der Waals surface area contributed by atoms with Gasteiger partial charge in [0.05, 0.1) is 5.52 Å². The number of fused-ring (bicyclic) bond motifs is 3. The molecule has 1 aliphatic rings. The normalized spacial score (nSPS) is 14.5. The van der Waals surface area contributed by atoms with Gasteiger partial charge in [-0.05, 0) is 41.8 Å². The van der Waals surface area contributed by atoms with Crippen LogP contribution in [-0.4, -0.2) is 40.4 Å². The summed E-state index contributed by atoms with van der Waals surface area (Å²) in [4.78, 5) is 27.5.